The van der Waals surface area contributed by atoms with Crippen molar-refractivity contribution >= 4 is 29.3 Å². The van der Waals surface area contributed by atoms with E-state index in [9.17, 15) is 4.79 Å². The Bertz CT molecular complexity index is 696. The number of amides is 1. The second kappa shape index (κ2) is 7.75. The summed E-state index contributed by atoms with van der Waals surface area (Å²) in [5.74, 6) is 0.326. The molecular formula is C13H16ClN7O2S. The highest BCUT2D eigenvalue weighted by Gasteiger charge is 2.25. The Labute approximate surface area is 147 Å². The third-order valence-electron chi connectivity index (χ3n) is 3.51. The van der Waals surface area contributed by atoms with Gasteiger partial charge in [0, 0.05) is 13.6 Å². The minimum Gasteiger partial charge on any atom is -0.458 e. The Hall–Kier alpha value is -1.94. The summed E-state index contributed by atoms with van der Waals surface area (Å²) in [5.41, 5.74) is 0. The Kier molecular flexibility index (Phi) is 5.46. The SMILES string of the molecule is Cn1nnnc1SCC(=O)N1CCCC(Oc2ncc(Cl)cn2)C1. The van der Waals surface area contributed by atoms with Crippen LogP contribution >= 0.6 is 23.4 Å². The second-order valence-electron chi connectivity index (χ2n) is 5.28. The van der Waals surface area contributed by atoms with Gasteiger partial charge in [-0.05, 0) is 23.3 Å². The number of piperidine rings is 1. The van der Waals surface area contributed by atoms with Gasteiger partial charge in [-0.25, -0.2) is 14.6 Å². The summed E-state index contributed by atoms with van der Waals surface area (Å²) in [6.07, 6.45) is 4.59. The lowest BCUT2D eigenvalue weighted by Crippen LogP contribution is -2.45. The molecule has 0 saturated carbocycles. The van der Waals surface area contributed by atoms with Crippen LogP contribution in [0.15, 0.2) is 17.6 Å². The van der Waals surface area contributed by atoms with Gasteiger partial charge in [-0.2, -0.15) is 0 Å². The molecule has 0 bridgehead atoms. The minimum absolute atomic E-state index is 0.0355. The lowest BCUT2D eigenvalue weighted by molar-refractivity contribution is -0.131. The van der Waals surface area contributed by atoms with Crippen LogP contribution in [0.25, 0.3) is 0 Å². The van der Waals surface area contributed by atoms with Crippen LogP contribution in [0.2, 0.25) is 5.02 Å². The van der Waals surface area contributed by atoms with E-state index in [2.05, 4.69) is 25.5 Å². The minimum atomic E-state index is -0.120. The van der Waals surface area contributed by atoms with Crippen molar-refractivity contribution in [3.05, 3.63) is 17.4 Å². The molecule has 0 spiro atoms. The average Bonchev–Trinajstić information content (AvgIpc) is 3.00. The number of carbonyl (C=O) groups excluding carboxylic acids is 1. The van der Waals surface area contributed by atoms with Gasteiger partial charge in [0.25, 0.3) is 0 Å². The monoisotopic (exact) mass is 369 g/mol. The highest BCUT2D eigenvalue weighted by Crippen LogP contribution is 2.19. The number of carbonyl (C=O) groups is 1. The predicted octanol–water partition coefficient (Wildman–Crippen LogP) is 0.816. The van der Waals surface area contributed by atoms with E-state index in [-0.39, 0.29) is 18.0 Å². The van der Waals surface area contributed by atoms with Crippen LogP contribution in [-0.4, -0.2) is 65.9 Å². The number of likely N-dealkylation sites (tertiary alicyclic amines) is 1. The Balaban J connectivity index is 1.51. The number of hydrogen-bond acceptors (Lipinski definition) is 8. The molecule has 3 rings (SSSR count). The van der Waals surface area contributed by atoms with E-state index in [4.69, 9.17) is 16.3 Å². The molecule has 1 atom stereocenters. The second-order valence-corrected chi connectivity index (χ2v) is 6.66. The lowest BCUT2D eigenvalue weighted by atomic mass is 10.1. The number of rotatable bonds is 5. The summed E-state index contributed by atoms with van der Waals surface area (Å²) >= 11 is 7.07. The van der Waals surface area contributed by atoms with Crippen molar-refractivity contribution in [2.45, 2.75) is 24.1 Å². The van der Waals surface area contributed by atoms with Crippen molar-refractivity contribution in [2.75, 3.05) is 18.8 Å². The molecule has 128 valence electrons. The smallest absolute Gasteiger partial charge is 0.316 e. The zero-order valence-electron chi connectivity index (χ0n) is 13.0. The molecule has 1 aliphatic heterocycles. The fourth-order valence-electron chi connectivity index (χ4n) is 2.33. The van der Waals surface area contributed by atoms with Gasteiger partial charge >= 0.3 is 6.01 Å². The maximum absolute atomic E-state index is 12.4. The standard InChI is InChI=1S/C13H16ClN7O2S/c1-20-13(17-18-19-20)24-8-11(22)21-4-2-3-10(7-21)23-12-15-5-9(14)6-16-12/h5-6,10H,2-4,7-8H2,1H3. The highest BCUT2D eigenvalue weighted by molar-refractivity contribution is 7.99. The zero-order chi connectivity index (χ0) is 16.9. The molecule has 1 saturated heterocycles. The van der Waals surface area contributed by atoms with E-state index in [1.165, 1.54) is 28.8 Å². The van der Waals surface area contributed by atoms with Crippen molar-refractivity contribution in [1.29, 1.82) is 0 Å². The molecule has 24 heavy (non-hydrogen) atoms. The molecular weight excluding hydrogens is 354 g/mol. The molecule has 1 fully saturated rings. The summed E-state index contributed by atoms with van der Waals surface area (Å²) < 4.78 is 7.28. The summed E-state index contributed by atoms with van der Waals surface area (Å²) in [6, 6.07) is 0.276. The summed E-state index contributed by atoms with van der Waals surface area (Å²) in [6.45, 7) is 1.24. The van der Waals surface area contributed by atoms with Crippen LogP contribution in [-0.2, 0) is 11.8 Å². The molecule has 9 nitrogen and oxygen atoms in total. The van der Waals surface area contributed by atoms with Gasteiger partial charge in [-0.3, -0.25) is 4.79 Å². The number of halogens is 1. The first-order valence-corrected chi connectivity index (χ1v) is 8.75. The highest BCUT2D eigenvalue weighted by atomic mass is 35.5. The Morgan fingerprint density at radius 2 is 2.25 bits per heavy atom. The summed E-state index contributed by atoms with van der Waals surface area (Å²) in [5, 5.41) is 12.2. The van der Waals surface area contributed by atoms with Crippen LogP contribution in [0.4, 0.5) is 0 Å². The molecule has 0 radical (unpaired) electrons. The van der Waals surface area contributed by atoms with E-state index in [0.29, 0.717) is 22.5 Å². The number of tetrazole rings is 1. The fraction of sp³-hybridized carbons (Fsp3) is 0.538. The van der Waals surface area contributed by atoms with Gasteiger partial charge in [0.05, 0.1) is 29.7 Å². The number of thioether (sulfide) groups is 1. The van der Waals surface area contributed by atoms with E-state index in [0.717, 1.165) is 19.4 Å². The molecule has 0 N–H and O–H groups in total. The first-order valence-electron chi connectivity index (χ1n) is 7.39. The number of hydrogen-bond donors (Lipinski definition) is 0. The first kappa shape index (κ1) is 16.9. The molecule has 1 aliphatic rings. The first-order chi connectivity index (χ1) is 11.6. The molecule has 0 aliphatic carbocycles. The predicted molar refractivity (Wildman–Crippen MR) is 86.8 cm³/mol. The van der Waals surface area contributed by atoms with Crippen LogP contribution in [0.3, 0.4) is 0 Å². The average molecular weight is 370 g/mol. The maximum Gasteiger partial charge on any atom is 0.316 e. The van der Waals surface area contributed by atoms with Crippen molar-refractivity contribution < 1.29 is 9.53 Å². The van der Waals surface area contributed by atoms with Gasteiger partial charge < -0.3 is 9.64 Å². The molecule has 1 amide bonds. The van der Waals surface area contributed by atoms with E-state index in [1.54, 1.807) is 11.9 Å². The number of aryl methyl sites for hydroxylation is 1. The Morgan fingerprint density at radius 1 is 1.46 bits per heavy atom. The Morgan fingerprint density at radius 3 is 2.96 bits per heavy atom. The molecule has 2 aromatic rings. The van der Waals surface area contributed by atoms with E-state index < -0.39 is 0 Å². The largest absolute Gasteiger partial charge is 0.458 e. The molecule has 0 aromatic carbocycles. The number of aromatic nitrogens is 6. The van der Waals surface area contributed by atoms with Gasteiger partial charge in [0.1, 0.15) is 6.10 Å². The normalized spacial score (nSPS) is 17.8. The third kappa shape index (κ3) is 4.32. The van der Waals surface area contributed by atoms with Crippen molar-refractivity contribution in [3.8, 4) is 6.01 Å². The molecule has 1 unspecified atom stereocenters. The van der Waals surface area contributed by atoms with Crippen LogP contribution in [0.5, 0.6) is 6.01 Å². The van der Waals surface area contributed by atoms with Crippen molar-refractivity contribution in [3.63, 3.8) is 0 Å². The molecule has 2 aromatic heterocycles. The van der Waals surface area contributed by atoms with Gasteiger partial charge in [-0.1, -0.05) is 23.4 Å². The van der Waals surface area contributed by atoms with E-state index >= 15 is 0 Å². The van der Waals surface area contributed by atoms with Crippen molar-refractivity contribution in [1.82, 2.24) is 35.1 Å². The van der Waals surface area contributed by atoms with Crippen molar-refractivity contribution in [2.24, 2.45) is 7.05 Å². The van der Waals surface area contributed by atoms with Gasteiger partial charge in [-0.15, -0.1) is 5.10 Å². The van der Waals surface area contributed by atoms with Gasteiger partial charge in [0.15, 0.2) is 0 Å². The summed E-state index contributed by atoms with van der Waals surface area (Å²) in [4.78, 5) is 22.2. The maximum atomic E-state index is 12.4. The number of nitrogens with zero attached hydrogens (tertiary/aromatic N) is 7. The van der Waals surface area contributed by atoms with Crippen LogP contribution in [0.1, 0.15) is 12.8 Å². The van der Waals surface area contributed by atoms with E-state index in [1.807, 2.05) is 0 Å². The van der Waals surface area contributed by atoms with Crippen LogP contribution < -0.4 is 4.74 Å². The third-order valence-corrected chi connectivity index (χ3v) is 4.70. The molecule has 11 heteroatoms. The lowest BCUT2D eigenvalue weighted by Gasteiger charge is -2.32. The zero-order valence-corrected chi connectivity index (χ0v) is 14.6. The summed E-state index contributed by atoms with van der Waals surface area (Å²) in [7, 11) is 1.74. The van der Waals surface area contributed by atoms with Gasteiger partial charge in [0.2, 0.25) is 11.1 Å². The quantitative estimate of drug-likeness (QED) is 0.714. The van der Waals surface area contributed by atoms with Crippen LogP contribution in [0, 0.1) is 0 Å². The molecule has 3 heterocycles. The topological polar surface area (TPSA) is 98.9 Å². The number of ether oxygens (including phenoxy) is 1. The fourth-order valence-corrected chi connectivity index (χ4v) is 3.18.